The molecule has 0 aliphatic carbocycles. The monoisotopic (exact) mass is 273 g/mol. The summed E-state index contributed by atoms with van der Waals surface area (Å²) >= 11 is 0. The predicted molar refractivity (Wildman–Crippen MR) is 59.5 cm³/mol. The summed E-state index contributed by atoms with van der Waals surface area (Å²) < 4.78 is 41.6. The quantitative estimate of drug-likeness (QED) is 0.804. The van der Waals surface area contributed by atoms with Crippen LogP contribution in [0, 0.1) is 0 Å². The first-order valence-electron chi connectivity index (χ1n) is 5.48. The first kappa shape index (κ1) is 13.3. The summed E-state index contributed by atoms with van der Waals surface area (Å²) in [7, 11) is 0. The summed E-state index contributed by atoms with van der Waals surface area (Å²) in [5.74, 6) is -1.04. The lowest BCUT2D eigenvalue weighted by molar-refractivity contribution is -0.161. The van der Waals surface area contributed by atoms with Gasteiger partial charge in [0, 0.05) is 6.54 Å². The average molecular weight is 273 g/mol. The smallest absolute Gasteiger partial charge is 0.422 e. The van der Waals surface area contributed by atoms with Crippen LogP contribution in [0.1, 0.15) is 17.3 Å². The van der Waals surface area contributed by atoms with Crippen LogP contribution in [0.3, 0.4) is 0 Å². The van der Waals surface area contributed by atoms with Crippen molar-refractivity contribution >= 4 is 17.0 Å². The molecule has 2 aromatic rings. The van der Waals surface area contributed by atoms with Crippen LogP contribution in [-0.2, 0) is 11.3 Å². The van der Waals surface area contributed by atoms with Crippen molar-refractivity contribution in [3.05, 3.63) is 23.8 Å². The van der Waals surface area contributed by atoms with E-state index in [-0.39, 0.29) is 5.56 Å². The van der Waals surface area contributed by atoms with Crippen molar-refractivity contribution in [2.45, 2.75) is 19.6 Å². The van der Waals surface area contributed by atoms with Crippen molar-refractivity contribution < 1.29 is 22.7 Å². The SMILES string of the molecule is CCn1nnc2cc(C(=O)OCC(F)(F)F)ccc21. The van der Waals surface area contributed by atoms with Crippen molar-refractivity contribution in [2.24, 2.45) is 0 Å². The predicted octanol–water partition coefficient (Wildman–Crippen LogP) is 2.17. The van der Waals surface area contributed by atoms with Gasteiger partial charge in [-0.05, 0) is 25.1 Å². The van der Waals surface area contributed by atoms with E-state index >= 15 is 0 Å². The molecule has 8 heteroatoms. The Kier molecular flexibility index (Phi) is 3.41. The number of carbonyl (C=O) groups is 1. The van der Waals surface area contributed by atoms with E-state index in [9.17, 15) is 18.0 Å². The van der Waals surface area contributed by atoms with Gasteiger partial charge in [0.2, 0.25) is 0 Å². The number of halogens is 3. The molecular formula is C11H10F3N3O2. The molecule has 0 unspecified atom stereocenters. The molecule has 0 fully saturated rings. The van der Waals surface area contributed by atoms with Crippen LogP contribution in [0.5, 0.6) is 0 Å². The first-order valence-corrected chi connectivity index (χ1v) is 5.48. The Hall–Kier alpha value is -2.12. The minimum Gasteiger partial charge on any atom is -0.452 e. The van der Waals surface area contributed by atoms with Crippen molar-refractivity contribution in [3.63, 3.8) is 0 Å². The molecule has 0 radical (unpaired) electrons. The lowest BCUT2D eigenvalue weighted by Crippen LogP contribution is -2.20. The lowest BCUT2D eigenvalue weighted by Gasteiger charge is -2.07. The topological polar surface area (TPSA) is 57.0 Å². The lowest BCUT2D eigenvalue weighted by atomic mass is 10.2. The molecule has 0 N–H and O–H groups in total. The molecule has 0 saturated carbocycles. The van der Waals surface area contributed by atoms with Gasteiger partial charge in [-0.2, -0.15) is 13.2 Å². The molecule has 0 atom stereocenters. The van der Waals surface area contributed by atoms with Gasteiger partial charge in [-0.15, -0.1) is 5.10 Å². The van der Waals surface area contributed by atoms with Crippen molar-refractivity contribution in [3.8, 4) is 0 Å². The maximum atomic E-state index is 11.9. The van der Waals surface area contributed by atoms with E-state index in [0.29, 0.717) is 17.6 Å². The van der Waals surface area contributed by atoms with E-state index in [1.807, 2.05) is 6.92 Å². The number of esters is 1. The van der Waals surface area contributed by atoms with Crippen LogP contribution in [0.4, 0.5) is 13.2 Å². The Balaban J connectivity index is 2.19. The van der Waals surface area contributed by atoms with Gasteiger partial charge < -0.3 is 4.74 Å². The molecule has 0 spiro atoms. The number of aryl methyl sites for hydroxylation is 1. The molecule has 102 valence electrons. The van der Waals surface area contributed by atoms with Gasteiger partial charge >= 0.3 is 12.1 Å². The molecule has 5 nitrogen and oxygen atoms in total. The van der Waals surface area contributed by atoms with Gasteiger partial charge in [-0.3, -0.25) is 0 Å². The number of hydrogen-bond acceptors (Lipinski definition) is 4. The van der Waals surface area contributed by atoms with E-state index in [1.165, 1.54) is 12.1 Å². The van der Waals surface area contributed by atoms with E-state index in [0.717, 1.165) is 0 Å². The second kappa shape index (κ2) is 4.87. The maximum Gasteiger partial charge on any atom is 0.422 e. The maximum absolute atomic E-state index is 11.9. The third-order valence-corrected chi connectivity index (χ3v) is 2.42. The molecule has 0 amide bonds. The molecular weight excluding hydrogens is 263 g/mol. The summed E-state index contributed by atoms with van der Waals surface area (Å²) in [6.07, 6.45) is -4.54. The Morgan fingerprint density at radius 1 is 1.42 bits per heavy atom. The van der Waals surface area contributed by atoms with Gasteiger partial charge in [0.15, 0.2) is 6.61 Å². The number of carbonyl (C=O) groups excluding carboxylic acids is 1. The van der Waals surface area contributed by atoms with Gasteiger partial charge in [0.05, 0.1) is 11.1 Å². The second-order valence-electron chi connectivity index (χ2n) is 3.80. The molecule has 2 rings (SSSR count). The van der Waals surface area contributed by atoms with Crippen LogP contribution < -0.4 is 0 Å². The van der Waals surface area contributed by atoms with E-state index in [4.69, 9.17) is 0 Å². The zero-order chi connectivity index (χ0) is 14.0. The molecule has 0 aliphatic rings. The third kappa shape index (κ3) is 3.01. The van der Waals surface area contributed by atoms with Crippen LogP contribution >= 0.6 is 0 Å². The fourth-order valence-corrected chi connectivity index (χ4v) is 1.56. The highest BCUT2D eigenvalue weighted by Crippen LogP contribution is 2.17. The number of alkyl halides is 3. The van der Waals surface area contributed by atoms with E-state index in [2.05, 4.69) is 15.0 Å². The number of benzene rings is 1. The van der Waals surface area contributed by atoms with Gasteiger partial charge in [-0.1, -0.05) is 5.21 Å². The summed E-state index contributed by atoms with van der Waals surface area (Å²) in [5, 5.41) is 7.66. The van der Waals surface area contributed by atoms with Crippen molar-refractivity contribution in [1.82, 2.24) is 15.0 Å². The number of nitrogens with zero attached hydrogens (tertiary/aromatic N) is 3. The average Bonchev–Trinajstić information content (AvgIpc) is 2.77. The Labute approximate surface area is 106 Å². The van der Waals surface area contributed by atoms with Crippen LogP contribution in [0.25, 0.3) is 11.0 Å². The number of hydrogen-bond donors (Lipinski definition) is 0. The summed E-state index contributed by atoms with van der Waals surface area (Å²) in [4.78, 5) is 11.4. The van der Waals surface area contributed by atoms with Crippen LogP contribution in [-0.4, -0.2) is 33.7 Å². The number of aromatic nitrogens is 3. The molecule has 0 aliphatic heterocycles. The highest BCUT2D eigenvalue weighted by molar-refractivity contribution is 5.93. The van der Waals surface area contributed by atoms with Gasteiger partial charge in [-0.25, -0.2) is 9.48 Å². The van der Waals surface area contributed by atoms with Crippen molar-refractivity contribution in [2.75, 3.05) is 6.61 Å². The van der Waals surface area contributed by atoms with Crippen molar-refractivity contribution in [1.29, 1.82) is 0 Å². The Morgan fingerprint density at radius 3 is 2.79 bits per heavy atom. The molecule has 1 aromatic heterocycles. The third-order valence-electron chi connectivity index (χ3n) is 2.42. The largest absolute Gasteiger partial charge is 0.452 e. The fourth-order valence-electron chi connectivity index (χ4n) is 1.56. The molecule has 1 aromatic carbocycles. The molecule has 1 heterocycles. The summed E-state index contributed by atoms with van der Waals surface area (Å²) in [5.41, 5.74) is 1.15. The van der Waals surface area contributed by atoms with Gasteiger partial charge in [0.25, 0.3) is 0 Å². The molecule has 0 saturated heterocycles. The first-order chi connectivity index (χ1) is 8.90. The highest BCUT2D eigenvalue weighted by Gasteiger charge is 2.29. The number of fused-ring (bicyclic) bond motifs is 1. The zero-order valence-electron chi connectivity index (χ0n) is 9.94. The number of ether oxygens (including phenoxy) is 1. The van der Waals surface area contributed by atoms with Crippen LogP contribution in [0.2, 0.25) is 0 Å². The Morgan fingerprint density at radius 2 is 2.16 bits per heavy atom. The zero-order valence-corrected chi connectivity index (χ0v) is 9.94. The second-order valence-corrected chi connectivity index (χ2v) is 3.80. The van der Waals surface area contributed by atoms with Crippen LogP contribution in [0.15, 0.2) is 18.2 Å². The minimum atomic E-state index is -4.54. The summed E-state index contributed by atoms with van der Waals surface area (Å²) in [6, 6.07) is 4.31. The molecule has 0 bridgehead atoms. The minimum absolute atomic E-state index is 0.0138. The fraction of sp³-hybridized carbons (Fsp3) is 0.364. The summed E-state index contributed by atoms with van der Waals surface area (Å²) in [6.45, 7) is 0.875. The van der Waals surface area contributed by atoms with E-state index in [1.54, 1.807) is 10.7 Å². The van der Waals surface area contributed by atoms with E-state index < -0.39 is 18.8 Å². The Bertz CT molecular complexity index is 607. The molecule has 19 heavy (non-hydrogen) atoms. The highest BCUT2D eigenvalue weighted by atomic mass is 19.4. The number of rotatable bonds is 3. The normalized spacial score (nSPS) is 11.8. The van der Waals surface area contributed by atoms with Gasteiger partial charge in [0.1, 0.15) is 5.52 Å². The standard InChI is InChI=1S/C11H10F3N3O2/c1-2-17-9-4-3-7(5-8(9)15-16-17)10(18)19-6-11(12,13)14/h3-5H,2,6H2,1H3.